The van der Waals surface area contributed by atoms with Crippen molar-refractivity contribution in [2.45, 2.75) is 33.2 Å². The van der Waals surface area contributed by atoms with Crippen LogP contribution in [0.15, 0.2) is 29.3 Å². The number of nitrogens with zero attached hydrogens (tertiary/aromatic N) is 2. The van der Waals surface area contributed by atoms with Crippen molar-refractivity contribution < 1.29 is 14.7 Å². The summed E-state index contributed by atoms with van der Waals surface area (Å²) in [6.07, 6.45) is 0.430. The number of benzene rings is 1. The van der Waals surface area contributed by atoms with Gasteiger partial charge in [0.1, 0.15) is 6.04 Å². The maximum atomic E-state index is 11.9. The van der Waals surface area contributed by atoms with Crippen LogP contribution >= 0.6 is 11.3 Å². The van der Waals surface area contributed by atoms with Gasteiger partial charge in [0.05, 0.1) is 10.2 Å². The van der Waals surface area contributed by atoms with Crippen LogP contribution in [0.3, 0.4) is 0 Å². The number of rotatable bonds is 4. The number of hydrogen-bond acceptors (Lipinski definition) is 3. The van der Waals surface area contributed by atoms with Crippen LogP contribution in [0.5, 0.6) is 0 Å². The van der Waals surface area contributed by atoms with E-state index in [1.165, 1.54) is 11.3 Å². The Hall–Kier alpha value is -1.95. The summed E-state index contributed by atoms with van der Waals surface area (Å²) in [6, 6.07) is 6.78. The normalized spacial score (nSPS) is 13.8. The first kappa shape index (κ1) is 15.4. The van der Waals surface area contributed by atoms with Gasteiger partial charge in [0.2, 0.25) is 0 Å². The number of carboxylic acids is 1. The average Bonchev–Trinajstić information content (AvgIpc) is 2.78. The summed E-state index contributed by atoms with van der Waals surface area (Å²) in [7, 11) is 0. The van der Waals surface area contributed by atoms with Crippen LogP contribution in [0, 0.1) is 5.92 Å². The minimum atomic E-state index is -0.917. The number of thiazole rings is 1. The van der Waals surface area contributed by atoms with Crippen molar-refractivity contribution in [2.24, 2.45) is 10.9 Å². The molecule has 0 aliphatic heterocycles. The number of hydrogen-bond donors (Lipinski definition) is 1. The summed E-state index contributed by atoms with van der Waals surface area (Å²) in [6.45, 7) is 5.36. The van der Waals surface area contributed by atoms with Gasteiger partial charge < -0.3 is 9.67 Å². The summed E-state index contributed by atoms with van der Waals surface area (Å²) < 4.78 is 2.58. The van der Waals surface area contributed by atoms with Crippen LogP contribution in [0.2, 0.25) is 0 Å². The molecule has 6 heteroatoms. The van der Waals surface area contributed by atoms with Gasteiger partial charge in [-0.3, -0.25) is 4.79 Å². The molecule has 0 spiro atoms. The molecule has 1 aromatic heterocycles. The molecule has 1 atom stereocenters. The van der Waals surface area contributed by atoms with Crippen molar-refractivity contribution in [3.63, 3.8) is 0 Å². The SMILES string of the molecule is CCC(C(=O)O)n1c(=NC(=O)C(C)C)sc2ccccc21. The Morgan fingerprint density at radius 2 is 2.00 bits per heavy atom. The summed E-state index contributed by atoms with van der Waals surface area (Å²) in [5.41, 5.74) is 0.798. The zero-order valence-corrected chi connectivity index (χ0v) is 13.1. The minimum absolute atomic E-state index is 0.214. The first-order valence-electron chi connectivity index (χ1n) is 6.87. The Morgan fingerprint density at radius 1 is 1.33 bits per heavy atom. The van der Waals surface area contributed by atoms with Crippen molar-refractivity contribution in [1.82, 2.24) is 4.57 Å². The largest absolute Gasteiger partial charge is 0.480 e. The molecule has 0 aliphatic rings. The number of carbonyl (C=O) groups excluding carboxylic acids is 1. The van der Waals surface area contributed by atoms with Crippen LogP contribution in [-0.4, -0.2) is 21.6 Å². The molecule has 0 radical (unpaired) electrons. The summed E-state index contributed by atoms with van der Waals surface area (Å²) in [4.78, 5) is 28.0. The molecular formula is C15H18N2O3S. The predicted octanol–water partition coefficient (Wildman–Crippen LogP) is 2.82. The Kier molecular flexibility index (Phi) is 4.57. The lowest BCUT2D eigenvalue weighted by molar-refractivity contribution is -0.141. The average molecular weight is 306 g/mol. The van der Waals surface area contributed by atoms with Crippen molar-refractivity contribution in [3.05, 3.63) is 29.1 Å². The van der Waals surface area contributed by atoms with Gasteiger partial charge in [-0.15, -0.1) is 0 Å². The zero-order chi connectivity index (χ0) is 15.6. The molecule has 1 N–H and O–H groups in total. The summed E-state index contributed by atoms with van der Waals surface area (Å²) in [5, 5.41) is 9.43. The highest BCUT2D eigenvalue weighted by atomic mass is 32.1. The van der Waals surface area contributed by atoms with Gasteiger partial charge in [0, 0.05) is 5.92 Å². The van der Waals surface area contributed by atoms with Crippen LogP contribution in [0.25, 0.3) is 10.2 Å². The van der Waals surface area contributed by atoms with Gasteiger partial charge in [-0.25, -0.2) is 4.79 Å². The molecule has 0 fully saturated rings. The van der Waals surface area contributed by atoms with Gasteiger partial charge in [-0.1, -0.05) is 44.2 Å². The number of aliphatic carboxylic acids is 1. The van der Waals surface area contributed by atoms with Crippen molar-refractivity contribution in [1.29, 1.82) is 0 Å². The Labute approximate surface area is 126 Å². The number of amides is 1. The first-order valence-corrected chi connectivity index (χ1v) is 7.68. The Bertz CT molecular complexity index is 743. The third kappa shape index (κ3) is 3.05. The maximum Gasteiger partial charge on any atom is 0.326 e. The van der Waals surface area contributed by atoms with E-state index in [0.717, 1.165) is 10.2 Å². The number of carboxylic acid groups (broad SMARTS) is 1. The topological polar surface area (TPSA) is 71.7 Å². The van der Waals surface area contributed by atoms with E-state index >= 15 is 0 Å². The maximum absolute atomic E-state index is 11.9. The second-order valence-corrected chi connectivity index (χ2v) is 6.10. The number of para-hydroxylation sites is 1. The van der Waals surface area contributed by atoms with Gasteiger partial charge >= 0.3 is 5.97 Å². The molecule has 1 amide bonds. The molecule has 1 heterocycles. The molecular weight excluding hydrogens is 288 g/mol. The predicted molar refractivity (Wildman–Crippen MR) is 82.2 cm³/mol. The van der Waals surface area contributed by atoms with E-state index in [1.54, 1.807) is 18.4 Å². The van der Waals surface area contributed by atoms with Gasteiger partial charge in [0.15, 0.2) is 4.80 Å². The highest BCUT2D eigenvalue weighted by Crippen LogP contribution is 2.22. The lowest BCUT2D eigenvalue weighted by Crippen LogP contribution is -2.27. The molecule has 1 unspecified atom stereocenters. The Balaban J connectivity index is 2.75. The number of carbonyl (C=O) groups is 2. The highest BCUT2D eigenvalue weighted by molar-refractivity contribution is 7.16. The molecule has 2 rings (SSSR count). The van der Waals surface area contributed by atoms with E-state index in [1.807, 2.05) is 31.2 Å². The monoisotopic (exact) mass is 306 g/mol. The molecule has 1 aromatic carbocycles. The van der Waals surface area contributed by atoms with Crippen molar-refractivity contribution in [3.8, 4) is 0 Å². The van der Waals surface area contributed by atoms with E-state index in [0.29, 0.717) is 11.2 Å². The first-order chi connectivity index (χ1) is 9.95. The molecule has 21 heavy (non-hydrogen) atoms. The van der Waals surface area contributed by atoms with Crippen molar-refractivity contribution in [2.75, 3.05) is 0 Å². The van der Waals surface area contributed by atoms with Crippen LogP contribution in [-0.2, 0) is 9.59 Å². The molecule has 0 bridgehead atoms. The number of aromatic nitrogens is 1. The summed E-state index contributed by atoms with van der Waals surface area (Å²) >= 11 is 1.34. The third-order valence-corrected chi connectivity index (χ3v) is 4.25. The quantitative estimate of drug-likeness (QED) is 0.944. The van der Waals surface area contributed by atoms with E-state index in [2.05, 4.69) is 4.99 Å². The second-order valence-electron chi connectivity index (χ2n) is 5.09. The smallest absolute Gasteiger partial charge is 0.326 e. The highest BCUT2D eigenvalue weighted by Gasteiger charge is 2.21. The molecule has 0 saturated heterocycles. The van der Waals surface area contributed by atoms with Crippen LogP contribution in [0.1, 0.15) is 33.2 Å². The fourth-order valence-electron chi connectivity index (χ4n) is 2.06. The fourth-order valence-corrected chi connectivity index (χ4v) is 3.14. The Morgan fingerprint density at radius 3 is 2.57 bits per heavy atom. The molecule has 5 nitrogen and oxygen atoms in total. The van der Waals surface area contributed by atoms with E-state index in [-0.39, 0.29) is 11.8 Å². The zero-order valence-electron chi connectivity index (χ0n) is 12.2. The molecule has 112 valence electrons. The lowest BCUT2D eigenvalue weighted by atomic mass is 10.2. The fraction of sp³-hybridized carbons (Fsp3) is 0.400. The third-order valence-electron chi connectivity index (χ3n) is 3.22. The van der Waals surface area contributed by atoms with E-state index in [4.69, 9.17) is 0 Å². The lowest BCUT2D eigenvalue weighted by Gasteiger charge is -2.13. The minimum Gasteiger partial charge on any atom is -0.480 e. The second kappa shape index (κ2) is 6.22. The van der Waals surface area contributed by atoms with Crippen molar-refractivity contribution >= 4 is 33.4 Å². The van der Waals surface area contributed by atoms with Crippen LogP contribution < -0.4 is 4.80 Å². The van der Waals surface area contributed by atoms with E-state index in [9.17, 15) is 14.7 Å². The molecule has 0 saturated carbocycles. The van der Waals surface area contributed by atoms with Gasteiger partial charge in [-0.2, -0.15) is 4.99 Å². The number of fused-ring (bicyclic) bond motifs is 1. The summed E-state index contributed by atoms with van der Waals surface area (Å²) in [5.74, 6) is -1.37. The van der Waals surface area contributed by atoms with Crippen LogP contribution in [0.4, 0.5) is 0 Å². The van der Waals surface area contributed by atoms with Gasteiger partial charge in [-0.05, 0) is 18.6 Å². The standard InChI is InChI=1S/C15H18N2O3S/c1-4-10(14(19)20)17-11-7-5-6-8-12(11)21-15(17)16-13(18)9(2)3/h5-10H,4H2,1-3H3,(H,19,20). The van der Waals surface area contributed by atoms with Gasteiger partial charge in [0.25, 0.3) is 5.91 Å². The molecule has 2 aromatic rings. The molecule has 0 aliphatic carbocycles. The van der Waals surface area contributed by atoms with E-state index < -0.39 is 12.0 Å².